The molecule has 28 heavy (non-hydrogen) atoms. The number of nitrogens with zero attached hydrogens (tertiary/aromatic N) is 4. The molecule has 0 N–H and O–H groups in total. The van der Waals surface area contributed by atoms with Gasteiger partial charge in [-0.3, -0.25) is 0 Å². The molecule has 0 aliphatic carbocycles. The van der Waals surface area contributed by atoms with Crippen LogP contribution in [-0.2, 0) is 11.4 Å². The summed E-state index contributed by atoms with van der Waals surface area (Å²) >= 11 is 19.1. The first-order valence-corrected chi connectivity index (χ1v) is 10.2. The molecule has 5 nitrogen and oxygen atoms in total. The Bertz CT molecular complexity index is 1080. The molecular formula is C20H19Cl3N4O. The number of imidazole rings is 1. The van der Waals surface area contributed by atoms with Crippen molar-refractivity contribution in [1.29, 1.82) is 0 Å². The number of anilines is 2. The summed E-state index contributed by atoms with van der Waals surface area (Å²) in [6.45, 7) is 3.70. The van der Waals surface area contributed by atoms with Crippen molar-refractivity contribution < 1.29 is 4.84 Å². The van der Waals surface area contributed by atoms with Crippen LogP contribution in [0.5, 0.6) is 0 Å². The molecule has 1 aromatic heterocycles. The highest BCUT2D eigenvalue weighted by Crippen LogP contribution is 2.39. The maximum Gasteiger partial charge on any atom is 0.211 e. The number of rotatable bonds is 4. The van der Waals surface area contributed by atoms with Crippen LogP contribution in [0, 0.1) is 0 Å². The standard InChI is InChI=1S/C20H19Cl3N4O/c1-3-16(25-28-2)13-6-7-14(22)18-19(13)27-10-4-9-26(20(27)24-18)17-8-5-12(21)11-15(17)23/h5-8,11H,3-4,9-10H2,1-2H3/b25-16-. The molecule has 4 rings (SSSR count). The van der Waals surface area contributed by atoms with Gasteiger partial charge in [0.2, 0.25) is 5.95 Å². The number of hydrogen-bond donors (Lipinski definition) is 0. The van der Waals surface area contributed by atoms with Gasteiger partial charge in [0.05, 0.1) is 27.0 Å². The van der Waals surface area contributed by atoms with Crippen molar-refractivity contribution in [2.45, 2.75) is 26.3 Å². The summed E-state index contributed by atoms with van der Waals surface area (Å²) in [5, 5.41) is 6.01. The van der Waals surface area contributed by atoms with Crippen LogP contribution < -0.4 is 4.90 Å². The van der Waals surface area contributed by atoms with Crippen molar-refractivity contribution in [1.82, 2.24) is 9.55 Å². The molecule has 2 aromatic carbocycles. The smallest absolute Gasteiger partial charge is 0.211 e. The molecule has 0 bridgehead atoms. The SMILES string of the molecule is CC/C(=N/OC)c1ccc(Cl)c2nc3n(c12)CCCN3c1ccc(Cl)cc1Cl. The van der Waals surface area contributed by atoms with Crippen molar-refractivity contribution in [2.24, 2.45) is 5.16 Å². The maximum atomic E-state index is 6.51. The lowest BCUT2D eigenvalue weighted by Gasteiger charge is -2.30. The van der Waals surface area contributed by atoms with Gasteiger partial charge in [-0.15, -0.1) is 0 Å². The fourth-order valence-electron chi connectivity index (χ4n) is 3.68. The van der Waals surface area contributed by atoms with Crippen molar-refractivity contribution >= 4 is 63.2 Å². The van der Waals surface area contributed by atoms with E-state index in [0.29, 0.717) is 15.1 Å². The van der Waals surface area contributed by atoms with E-state index >= 15 is 0 Å². The second kappa shape index (κ2) is 7.82. The van der Waals surface area contributed by atoms with Crippen molar-refractivity contribution in [3.05, 3.63) is 51.0 Å². The molecule has 2 heterocycles. The van der Waals surface area contributed by atoms with Gasteiger partial charge >= 0.3 is 0 Å². The van der Waals surface area contributed by atoms with Gasteiger partial charge in [0.25, 0.3) is 0 Å². The number of halogens is 3. The minimum atomic E-state index is 0.592. The van der Waals surface area contributed by atoms with Crippen LogP contribution in [0.1, 0.15) is 25.3 Å². The zero-order chi connectivity index (χ0) is 19.8. The number of benzene rings is 2. The highest BCUT2D eigenvalue weighted by molar-refractivity contribution is 6.37. The minimum absolute atomic E-state index is 0.592. The molecule has 0 atom stereocenters. The van der Waals surface area contributed by atoms with E-state index in [1.54, 1.807) is 13.2 Å². The fraction of sp³-hybridized carbons (Fsp3) is 0.300. The molecule has 0 radical (unpaired) electrons. The second-order valence-electron chi connectivity index (χ2n) is 6.53. The lowest BCUT2D eigenvalue weighted by Crippen LogP contribution is -2.28. The summed E-state index contributed by atoms with van der Waals surface area (Å²) < 4.78 is 2.19. The Kier molecular flexibility index (Phi) is 5.41. The van der Waals surface area contributed by atoms with Crippen LogP contribution in [0.15, 0.2) is 35.5 Å². The number of aryl methyl sites for hydroxylation is 1. The molecular weight excluding hydrogens is 419 g/mol. The third kappa shape index (κ3) is 3.21. The largest absolute Gasteiger partial charge is 0.399 e. The maximum absolute atomic E-state index is 6.51. The van der Waals surface area contributed by atoms with Gasteiger partial charge in [-0.05, 0) is 43.2 Å². The molecule has 0 spiro atoms. The quantitative estimate of drug-likeness (QED) is 0.355. The predicted molar refractivity (Wildman–Crippen MR) is 117 cm³/mol. The van der Waals surface area contributed by atoms with E-state index in [0.717, 1.165) is 59.9 Å². The van der Waals surface area contributed by atoms with Crippen LogP contribution >= 0.6 is 34.8 Å². The van der Waals surface area contributed by atoms with Crippen molar-refractivity contribution in [3.63, 3.8) is 0 Å². The third-order valence-electron chi connectivity index (χ3n) is 4.88. The molecule has 0 saturated carbocycles. The second-order valence-corrected chi connectivity index (χ2v) is 7.78. The highest BCUT2D eigenvalue weighted by Gasteiger charge is 2.27. The van der Waals surface area contributed by atoms with Gasteiger partial charge in [0, 0.05) is 23.7 Å². The normalized spacial score (nSPS) is 14.5. The van der Waals surface area contributed by atoms with Gasteiger partial charge in [-0.25, -0.2) is 4.98 Å². The predicted octanol–water partition coefficient (Wildman–Crippen LogP) is 6.30. The van der Waals surface area contributed by atoms with Crippen molar-refractivity contribution in [2.75, 3.05) is 18.6 Å². The van der Waals surface area contributed by atoms with E-state index in [4.69, 9.17) is 44.6 Å². The van der Waals surface area contributed by atoms with Crippen molar-refractivity contribution in [3.8, 4) is 0 Å². The number of aromatic nitrogens is 2. The Morgan fingerprint density at radius 1 is 1.14 bits per heavy atom. The lowest BCUT2D eigenvalue weighted by atomic mass is 10.1. The van der Waals surface area contributed by atoms with E-state index in [1.807, 2.05) is 31.2 Å². The first kappa shape index (κ1) is 19.4. The van der Waals surface area contributed by atoms with Gasteiger partial charge in [-0.1, -0.05) is 46.9 Å². The summed E-state index contributed by atoms with van der Waals surface area (Å²) in [6, 6.07) is 9.35. The van der Waals surface area contributed by atoms with Crippen LogP contribution in [0.4, 0.5) is 11.6 Å². The van der Waals surface area contributed by atoms with E-state index in [2.05, 4.69) is 14.6 Å². The lowest BCUT2D eigenvalue weighted by molar-refractivity contribution is 0.213. The van der Waals surface area contributed by atoms with Crippen LogP contribution in [0.3, 0.4) is 0 Å². The van der Waals surface area contributed by atoms with E-state index in [-0.39, 0.29) is 0 Å². The van der Waals surface area contributed by atoms with Gasteiger partial charge in [0.15, 0.2) is 0 Å². The molecule has 3 aromatic rings. The molecule has 1 aliphatic rings. The van der Waals surface area contributed by atoms with E-state index in [9.17, 15) is 0 Å². The Labute approximate surface area is 178 Å². The average molecular weight is 438 g/mol. The summed E-state index contributed by atoms with van der Waals surface area (Å²) in [5.74, 6) is 0.813. The van der Waals surface area contributed by atoms with E-state index in [1.165, 1.54) is 0 Å². The van der Waals surface area contributed by atoms with Crippen LogP contribution in [-0.4, -0.2) is 28.9 Å². The van der Waals surface area contributed by atoms with Crippen LogP contribution in [0.2, 0.25) is 15.1 Å². The number of hydrogen-bond acceptors (Lipinski definition) is 4. The fourth-order valence-corrected chi connectivity index (χ4v) is 4.38. The molecule has 1 aliphatic heterocycles. The Morgan fingerprint density at radius 3 is 2.68 bits per heavy atom. The summed E-state index contributed by atoms with van der Waals surface area (Å²) in [6.07, 6.45) is 1.68. The summed E-state index contributed by atoms with van der Waals surface area (Å²) in [4.78, 5) is 12.0. The van der Waals surface area contributed by atoms with E-state index < -0.39 is 0 Å². The molecule has 8 heteroatoms. The molecule has 0 amide bonds. The monoisotopic (exact) mass is 436 g/mol. The zero-order valence-electron chi connectivity index (χ0n) is 15.5. The molecule has 0 fully saturated rings. The molecule has 0 saturated heterocycles. The molecule has 146 valence electrons. The summed E-state index contributed by atoms with van der Waals surface area (Å²) in [7, 11) is 1.55. The number of oxime groups is 1. The first-order valence-electron chi connectivity index (χ1n) is 9.06. The zero-order valence-corrected chi connectivity index (χ0v) is 17.8. The third-order valence-corrected chi connectivity index (χ3v) is 5.72. The number of fused-ring (bicyclic) bond motifs is 3. The first-order chi connectivity index (χ1) is 13.5. The Morgan fingerprint density at radius 2 is 1.96 bits per heavy atom. The minimum Gasteiger partial charge on any atom is -0.399 e. The van der Waals surface area contributed by atoms with Crippen LogP contribution in [0.25, 0.3) is 11.0 Å². The molecule has 0 unspecified atom stereocenters. The Balaban J connectivity index is 1.95. The van der Waals surface area contributed by atoms with Gasteiger partial charge in [-0.2, -0.15) is 0 Å². The van der Waals surface area contributed by atoms with Gasteiger partial charge < -0.3 is 14.3 Å². The summed E-state index contributed by atoms with van der Waals surface area (Å²) in [5.41, 5.74) is 4.43. The topological polar surface area (TPSA) is 42.7 Å². The Hall–Kier alpha value is -1.95. The average Bonchev–Trinajstić information content (AvgIpc) is 3.08. The highest BCUT2D eigenvalue weighted by atomic mass is 35.5. The van der Waals surface area contributed by atoms with Gasteiger partial charge in [0.1, 0.15) is 12.6 Å².